The van der Waals surface area contributed by atoms with Crippen LogP contribution in [0.15, 0.2) is 11.0 Å². The van der Waals surface area contributed by atoms with E-state index in [0.717, 1.165) is 6.42 Å². The molecule has 1 aliphatic carbocycles. The maximum absolute atomic E-state index is 12.4. The Morgan fingerprint density at radius 3 is 2.73 bits per heavy atom. The van der Waals surface area contributed by atoms with Gasteiger partial charge in [0.2, 0.25) is 0 Å². The number of carbonyl (C=O) groups excluding carboxylic acids is 1. The van der Waals surface area contributed by atoms with E-state index >= 15 is 0 Å². The molecule has 0 spiro atoms. The fraction of sp³-hybridized carbons (Fsp3) is 0.571. The number of aromatic nitrogens is 2. The summed E-state index contributed by atoms with van der Waals surface area (Å²) in [5.41, 5.74) is -1.34. The summed E-state index contributed by atoms with van der Waals surface area (Å²) in [6.07, 6.45) is 1.22. The Morgan fingerprint density at radius 2 is 2.14 bits per heavy atom. The number of hydrogen-bond acceptors (Lipinski definition) is 5. The van der Waals surface area contributed by atoms with Crippen LogP contribution in [0, 0.1) is 5.92 Å². The third-order valence-corrected chi connectivity index (χ3v) is 3.77. The Balaban J connectivity index is 1.90. The smallest absolute Gasteiger partial charge is 0.412 e. The molecule has 1 amide bonds. The molecule has 0 unspecified atom stereocenters. The van der Waals surface area contributed by atoms with Gasteiger partial charge in [0.25, 0.3) is 5.56 Å². The number of rotatable bonds is 2. The minimum absolute atomic E-state index is 0.0318. The van der Waals surface area contributed by atoms with Crippen molar-refractivity contribution in [2.45, 2.75) is 44.8 Å². The zero-order valence-electron chi connectivity index (χ0n) is 12.5. The van der Waals surface area contributed by atoms with E-state index in [9.17, 15) is 19.5 Å². The lowest BCUT2D eigenvalue weighted by molar-refractivity contribution is -0.141. The number of nitrogens with one attached hydrogen (secondary N) is 1. The van der Waals surface area contributed by atoms with Gasteiger partial charge in [0.15, 0.2) is 0 Å². The average molecular weight is 307 g/mol. The van der Waals surface area contributed by atoms with Crippen molar-refractivity contribution in [3.8, 4) is 0 Å². The van der Waals surface area contributed by atoms with E-state index in [4.69, 9.17) is 4.74 Å². The van der Waals surface area contributed by atoms with Gasteiger partial charge in [-0.25, -0.2) is 14.6 Å². The quantitative estimate of drug-likeness (QED) is 0.853. The van der Waals surface area contributed by atoms with Gasteiger partial charge in [-0.15, -0.1) is 0 Å². The first-order valence-corrected chi connectivity index (χ1v) is 7.03. The summed E-state index contributed by atoms with van der Waals surface area (Å²) in [5.74, 6) is -0.611. The minimum Gasteiger partial charge on any atom is -0.480 e. The predicted octanol–water partition coefficient (Wildman–Crippen LogP) is 1.33. The maximum atomic E-state index is 12.4. The fourth-order valence-electron chi connectivity index (χ4n) is 2.87. The highest BCUT2D eigenvalue weighted by Gasteiger charge is 2.57. The van der Waals surface area contributed by atoms with Crippen LogP contribution in [0.1, 0.15) is 45.0 Å². The van der Waals surface area contributed by atoms with Gasteiger partial charge >= 0.3 is 12.1 Å². The molecule has 0 saturated heterocycles. The number of carbonyl (C=O) groups is 2. The standard InChI is InChI=1S/C14H17N3O5/c1-14(2,3)22-13(21)16-8-5-15-10-7-4-6(7)9(12(19)20)17(10)11(8)18/h5-7,9H,4H2,1-3H3,(H,16,21)(H,19,20)/t6-,7+,9+/m1/s1. The van der Waals surface area contributed by atoms with Crippen molar-refractivity contribution in [3.63, 3.8) is 0 Å². The van der Waals surface area contributed by atoms with Gasteiger partial charge < -0.3 is 9.84 Å². The average Bonchev–Trinajstić information content (AvgIpc) is 3.05. The number of hydrogen-bond donors (Lipinski definition) is 2. The lowest BCUT2D eigenvalue weighted by Gasteiger charge is -2.20. The predicted molar refractivity (Wildman–Crippen MR) is 75.9 cm³/mol. The highest BCUT2D eigenvalue weighted by atomic mass is 16.6. The van der Waals surface area contributed by atoms with Crippen LogP contribution in [0.3, 0.4) is 0 Å². The first kappa shape index (κ1) is 14.6. The number of fused-ring (bicyclic) bond motifs is 3. The molecule has 3 atom stereocenters. The van der Waals surface area contributed by atoms with Crippen LogP contribution < -0.4 is 10.9 Å². The lowest BCUT2D eigenvalue weighted by atomic mass is 10.2. The molecule has 2 heterocycles. The molecule has 2 N–H and O–H groups in total. The summed E-state index contributed by atoms with van der Waals surface area (Å²) in [5, 5.41) is 11.6. The molecular weight excluding hydrogens is 290 g/mol. The van der Waals surface area contributed by atoms with Crippen molar-refractivity contribution < 1.29 is 19.4 Å². The molecule has 2 aliphatic rings. The van der Waals surface area contributed by atoms with E-state index in [1.54, 1.807) is 20.8 Å². The van der Waals surface area contributed by atoms with E-state index in [2.05, 4.69) is 10.3 Å². The van der Waals surface area contributed by atoms with Crippen molar-refractivity contribution in [2.75, 3.05) is 5.32 Å². The molecule has 22 heavy (non-hydrogen) atoms. The molecule has 0 bridgehead atoms. The largest absolute Gasteiger partial charge is 0.480 e. The van der Waals surface area contributed by atoms with Crippen LogP contribution in [0.4, 0.5) is 10.5 Å². The summed E-state index contributed by atoms with van der Waals surface area (Å²) < 4.78 is 6.25. The molecule has 3 rings (SSSR count). The summed E-state index contributed by atoms with van der Waals surface area (Å²) in [4.78, 5) is 39.7. The van der Waals surface area contributed by atoms with Gasteiger partial charge in [-0.05, 0) is 27.2 Å². The zero-order chi connectivity index (χ0) is 16.2. The van der Waals surface area contributed by atoms with Crippen molar-refractivity contribution in [2.24, 2.45) is 5.92 Å². The molecule has 1 aromatic heterocycles. The minimum atomic E-state index is -1.05. The topological polar surface area (TPSA) is 111 Å². The second-order valence-electron chi connectivity index (χ2n) is 6.62. The Hall–Kier alpha value is -2.38. The zero-order valence-corrected chi connectivity index (χ0v) is 12.5. The number of nitrogens with zero attached hydrogens (tertiary/aromatic N) is 2. The van der Waals surface area contributed by atoms with E-state index in [1.165, 1.54) is 10.8 Å². The molecule has 0 aromatic carbocycles. The fourth-order valence-corrected chi connectivity index (χ4v) is 2.87. The summed E-state index contributed by atoms with van der Waals surface area (Å²) in [6, 6.07) is -0.902. The third kappa shape index (κ3) is 2.34. The molecule has 118 valence electrons. The second kappa shape index (κ2) is 4.56. The number of ether oxygens (including phenoxy) is 1. The van der Waals surface area contributed by atoms with Gasteiger partial charge in [-0.1, -0.05) is 0 Å². The lowest BCUT2D eigenvalue weighted by Crippen LogP contribution is -2.34. The van der Waals surface area contributed by atoms with Crippen molar-refractivity contribution in [1.29, 1.82) is 0 Å². The highest BCUT2D eigenvalue weighted by Crippen LogP contribution is 2.58. The Morgan fingerprint density at radius 1 is 1.45 bits per heavy atom. The molecular formula is C14H17N3O5. The highest BCUT2D eigenvalue weighted by molar-refractivity contribution is 5.84. The maximum Gasteiger partial charge on any atom is 0.412 e. The van der Waals surface area contributed by atoms with Gasteiger partial charge in [0, 0.05) is 11.8 Å². The van der Waals surface area contributed by atoms with Crippen LogP contribution in [-0.4, -0.2) is 32.3 Å². The van der Waals surface area contributed by atoms with Crippen LogP contribution in [0.5, 0.6) is 0 Å². The summed E-state index contributed by atoms with van der Waals surface area (Å²) in [6.45, 7) is 5.11. The van der Waals surface area contributed by atoms with Crippen LogP contribution >= 0.6 is 0 Å². The van der Waals surface area contributed by atoms with Crippen LogP contribution in [0.25, 0.3) is 0 Å². The normalized spacial score (nSPS) is 25.1. The first-order valence-electron chi connectivity index (χ1n) is 7.03. The van der Waals surface area contributed by atoms with Gasteiger partial charge in [-0.2, -0.15) is 0 Å². The Kier molecular flexibility index (Phi) is 3.01. The van der Waals surface area contributed by atoms with Crippen LogP contribution in [0.2, 0.25) is 0 Å². The molecule has 8 heteroatoms. The number of carboxylic acid groups (broad SMARTS) is 1. The number of carboxylic acids is 1. The third-order valence-electron chi connectivity index (χ3n) is 3.77. The molecule has 1 saturated carbocycles. The van der Waals surface area contributed by atoms with Crippen molar-refractivity contribution in [1.82, 2.24) is 9.55 Å². The first-order chi connectivity index (χ1) is 10.2. The van der Waals surface area contributed by atoms with E-state index in [-0.39, 0.29) is 17.5 Å². The summed E-state index contributed by atoms with van der Waals surface area (Å²) >= 11 is 0. The number of aliphatic carboxylic acids is 1. The summed E-state index contributed by atoms with van der Waals surface area (Å²) in [7, 11) is 0. The number of anilines is 1. The van der Waals surface area contributed by atoms with Crippen molar-refractivity contribution in [3.05, 3.63) is 22.4 Å². The SMILES string of the molecule is CC(C)(C)OC(=O)Nc1cnc2n(c1=O)[C@H](C(=O)O)[C@@H]1C[C@H]21. The number of amides is 1. The van der Waals surface area contributed by atoms with Gasteiger partial charge in [0.1, 0.15) is 23.2 Å². The van der Waals surface area contributed by atoms with Crippen LogP contribution in [-0.2, 0) is 9.53 Å². The molecule has 1 aromatic rings. The Labute approximate surface area is 126 Å². The Bertz CT molecular complexity index is 718. The molecule has 8 nitrogen and oxygen atoms in total. The molecule has 1 aliphatic heterocycles. The monoisotopic (exact) mass is 307 g/mol. The second-order valence-corrected chi connectivity index (χ2v) is 6.62. The van der Waals surface area contributed by atoms with Crippen molar-refractivity contribution >= 4 is 17.7 Å². The van der Waals surface area contributed by atoms with Gasteiger partial charge in [-0.3, -0.25) is 14.7 Å². The van der Waals surface area contributed by atoms with Gasteiger partial charge in [0.05, 0.1) is 6.20 Å². The molecule has 0 radical (unpaired) electrons. The van der Waals surface area contributed by atoms with E-state index < -0.39 is 29.3 Å². The molecule has 1 fully saturated rings. The van der Waals surface area contributed by atoms with E-state index in [0.29, 0.717) is 5.82 Å². The van der Waals surface area contributed by atoms with E-state index in [1.807, 2.05) is 0 Å².